The highest BCUT2D eigenvalue weighted by Crippen LogP contribution is 2.24. The van der Waals surface area contributed by atoms with Crippen molar-refractivity contribution >= 4 is 10.9 Å². The van der Waals surface area contributed by atoms with Crippen LogP contribution in [0.1, 0.15) is 11.7 Å². The fourth-order valence-corrected chi connectivity index (χ4v) is 2.32. The number of ether oxygens (including phenoxy) is 1. The van der Waals surface area contributed by atoms with Crippen LogP contribution in [-0.4, -0.2) is 29.5 Å². The van der Waals surface area contributed by atoms with Crippen LogP contribution < -0.4 is 5.32 Å². The molecular formula is C12H15N3O. The molecular weight excluding hydrogens is 202 g/mol. The van der Waals surface area contributed by atoms with Gasteiger partial charge in [-0.05, 0) is 6.07 Å². The average molecular weight is 217 g/mol. The lowest BCUT2D eigenvalue weighted by Crippen LogP contribution is -2.35. The lowest BCUT2D eigenvalue weighted by atomic mass is 10.1. The number of aromatic nitrogens is 2. The molecule has 1 aliphatic rings. The fourth-order valence-electron chi connectivity index (χ4n) is 2.32. The molecule has 4 heteroatoms. The number of benzene rings is 1. The predicted molar refractivity (Wildman–Crippen MR) is 62.3 cm³/mol. The van der Waals surface area contributed by atoms with E-state index in [0.29, 0.717) is 0 Å². The Kier molecular flexibility index (Phi) is 2.38. The lowest BCUT2D eigenvalue weighted by molar-refractivity contribution is 0.0748. The highest BCUT2D eigenvalue weighted by Gasteiger charge is 2.21. The number of nitrogens with one attached hydrogen (secondary N) is 1. The van der Waals surface area contributed by atoms with Crippen LogP contribution in [0, 0.1) is 0 Å². The average Bonchev–Trinajstić information content (AvgIpc) is 2.66. The third-order valence-electron chi connectivity index (χ3n) is 3.04. The molecule has 2 heterocycles. The Morgan fingerprint density at radius 3 is 3.12 bits per heavy atom. The molecule has 0 bridgehead atoms. The van der Waals surface area contributed by atoms with Gasteiger partial charge in [0.25, 0.3) is 0 Å². The van der Waals surface area contributed by atoms with Gasteiger partial charge in [0.2, 0.25) is 0 Å². The second-order valence-corrected chi connectivity index (χ2v) is 4.11. The predicted octanol–water partition coefficient (Wildman–Crippen LogP) is 1.23. The first-order valence-electron chi connectivity index (χ1n) is 5.59. The summed E-state index contributed by atoms with van der Waals surface area (Å²) in [5.74, 6) is 0. The number of hydrogen-bond donors (Lipinski definition) is 1. The zero-order chi connectivity index (χ0) is 11.0. The van der Waals surface area contributed by atoms with Gasteiger partial charge in [0, 0.05) is 19.0 Å². The van der Waals surface area contributed by atoms with Crippen molar-refractivity contribution in [1.29, 1.82) is 0 Å². The van der Waals surface area contributed by atoms with Gasteiger partial charge in [0.1, 0.15) is 0 Å². The number of morpholine rings is 1. The van der Waals surface area contributed by atoms with E-state index < -0.39 is 0 Å². The van der Waals surface area contributed by atoms with Gasteiger partial charge < -0.3 is 10.1 Å². The van der Waals surface area contributed by atoms with Crippen LogP contribution >= 0.6 is 0 Å². The van der Waals surface area contributed by atoms with E-state index in [1.807, 2.05) is 23.9 Å². The van der Waals surface area contributed by atoms with E-state index in [9.17, 15) is 0 Å². The van der Waals surface area contributed by atoms with Crippen LogP contribution in [0.15, 0.2) is 24.3 Å². The van der Waals surface area contributed by atoms with Crippen LogP contribution in [0.5, 0.6) is 0 Å². The van der Waals surface area contributed by atoms with E-state index in [4.69, 9.17) is 4.74 Å². The second-order valence-electron chi connectivity index (χ2n) is 4.11. The third kappa shape index (κ3) is 1.50. The topological polar surface area (TPSA) is 39.1 Å². The zero-order valence-electron chi connectivity index (χ0n) is 9.31. The van der Waals surface area contributed by atoms with Crippen LogP contribution in [0.4, 0.5) is 0 Å². The Hall–Kier alpha value is -1.39. The van der Waals surface area contributed by atoms with Crippen molar-refractivity contribution in [3.05, 3.63) is 30.0 Å². The zero-order valence-corrected chi connectivity index (χ0v) is 9.31. The van der Waals surface area contributed by atoms with Gasteiger partial charge in [-0.15, -0.1) is 0 Å². The normalized spacial score (nSPS) is 21.4. The highest BCUT2D eigenvalue weighted by molar-refractivity contribution is 5.81. The minimum atomic E-state index is 0.256. The number of nitrogens with zero attached hydrogens (tertiary/aromatic N) is 2. The summed E-state index contributed by atoms with van der Waals surface area (Å²) in [6.45, 7) is 2.43. The molecule has 1 aromatic heterocycles. The van der Waals surface area contributed by atoms with E-state index in [2.05, 4.69) is 22.5 Å². The Morgan fingerprint density at radius 2 is 2.31 bits per heavy atom. The van der Waals surface area contributed by atoms with E-state index in [1.165, 1.54) is 11.1 Å². The maximum Gasteiger partial charge on any atom is 0.0926 e. The summed E-state index contributed by atoms with van der Waals surface area (Å²) in [5, 5.41) is 9.19. The van der Waals surface area contributed by atoms with Crippen LogP contribution in [-0.2, 0) is 11.8 Å². The SMILES string of the molecule is Cn1nc2ccccc2c1C1COCCN1. The van der Waals surface area contributed by atoms with Gasteiger partial charge in [-0.2, -0.15) is 5.10 Å². The first kappa shape index (κ1) is 9.81. The Balaban J connectivity index is 2.10. The molecule has 1 saturated heterocycles. The molecule has 1 fully saturated rings. The van der Waals surface area contributed by atoms with Gasteiger partial charge in [0.15, 0.2) is 0 Å². The fraction of sp³-hybridized carbons (Fsp3) is 0.417. The van der Waals surface area contributed by atoms with Crippen molar-refractivity contribution in [3.63, 3.8) is 0 Å². The maximum atomic E-state index is 5.51. The minimum absolute atomic E-state index is 0.256. The van der Waals surface area contributed by atoms with Crippen molar-refractivity contribution in [3.8, 4) is 0 Å². The second kappa shape index (κ2) is 3.88. The number of hydrogen-bond acceptors (Lipinski definition) is 3. The molecule has 1 aliphatic heterocycles. The molecule has 1 atom stereocenters. The van der Waals surface area contributed by atoms with E-state index >= 15 is 0 Å². The minimum Gasteiger partial charge on any atom is -0.378 e. The van der Waals surface area contributed by atoms with Crippen molar-refractivity contribution < 1.29 is 4.74 Å². The highest BCUT2D eigenvalue weighted by atomic mass is 16.5. The molecule has 84 valence electrons. The molecule has 0 amide bonds. The molecule has 0 radical (unpaired) electrons. The summed E-state index contributed by atoms with van der Waals surface area (Å²) in [4.78, 5) is 0. The summed E-state index contributed by atoms with van der Waals surface area (Å²) in [5.41, 5.74) is 2.27. The molecule has 16 heavy (non-hydrogen) atoms. The Labute approximate surface area is 94.2 Å². The van der Waals surface area contributed by atoms with Crippen molar-refractivity contribution in [1.82, 2.24) is 15.1 Å². The summed E-state index contributed by atoms with van der Waals surface area (Å²) in [6.07, 6.45) is 0. The molecule has 1 unspecified atom stereocenters. The monoisotopic (exact) mass is 217 g/mol. The first-order chi connectivity index (χ1) is 7.86. The van der Waals surface area contributed by atoms with Crippen molar-refractivity contribution in [2.75, 3.05) is 19.8 Å². The molecule has 0 saturated carbocycles. The van der Waals surface area contributed by atoms with Gasteiger partial charge in [-0.25, -0.2) is 0 Å². The lowest BCUT2D eigenvalue weighted by Gasteiger charge is -2.24. The van der Waals surface area contributed by atoms with Crippen molar-refractivity contribution in [2.24, 2.45) is 7.05 Å². The maximum absolute atomic E-state index is 5.51. The molecule has 0 spiro atoms. The van der Waals surface area contributed by atoms with E-state index in [0.717, 1.165) is 25.3 Å². The number of rotatable bonds is 1. The summed E-state index contributed by atoms with van der Waals surface area (Å²) < 4.78 is 7.46. The summed E-state index contributed by atoms with van der Waals surface area (Å²) in [6, 6.07) is 8.49. The first-order valence-corrected chi connectivity index (χ1v) is 5.59. The number of aryl methyl sites for hydroxylation is 1. The van der Waals surface area contributed by atoms with Crippen LogP contribution in [0.25, 0.3) is 10.9 Å². The molecule has 0 aliphatic carbocycles. The molecule has 1 aromatic carbocycles. The Bertz CT molecular complexity index is 500. The smallest absolute Gasteiger partial charge is 0.0926 e. The molecule has 3 rings (SSSR count). The summed E-state index contributed by atoms with van der Waals surface area (Å²) >= 11 is 0. The third-order valence-corrected chi connectivity index (χ3v) is 3.04. The van der Waals surface area contributed by atoms with Crippen molar-refractivity contribution in [2.45, 2.75) is 6.04 Å². The molecule has 4 nitrogen and oxygen atoms in total. The van der Waals surface area contributed by atoms with E-state index in [1.54, 1.807) is 0 Å². The summed E-state index contributed by atoms with van der Waals surface area (Å²) in [7, 11) is 1.99. The largest absolute Gasteiger partial charge is 0.378 e. The quantitative estimate of drug-likeness (QED) is 0.781. The van der Waals surface area contributed by atoms with Gasteiger partial charge in [0.05, 0.1) is 30.5 Å². The molecule has 1 N–H and O–H groups in total. The van der Waals surface area contributed by atoms with Gasteiger partial charge in [-0.3, -0.25) is 4.68 Å². The van der Waals surface area contributed by atoms with Gasteiger partial charge in [-0.1, -0.05) is 18.2 Å². The van der Waals surface area contributed by atoms with Gasteiger partial charge >= 0.3 is 0 Å². The van der Waals surface area contributed by atoms with E-state index in [-0.39, 0.29) is 6.04 Å². The molecule has 2 aromatic rings. The van der Waals surface area contributed by atoms with Crippen LogP contribution in [0.2, 0.25) is 0 Å². The van der Waals surface area contributed by atoms with Crippen LogP contribution in [0.3, 0.4) is 0 Å². The Morgan fingerprint density at radius 1 is 1.44 bits per heavy atom. The standard InChI is InChI=1S/C12H15N3O/c1-15-12(11-8-16-7-6-13-11)9-4-2-3-5-10(9)14-15/h2-5,11,13H,6-8H2,1H3. The number of fused-ring (bicyclic) bond motifs is 1.